The topological polar surface area (TPSA) is 52.7 Å². The second-order valence-electron chi connectivity index (χ2n) is 6.67. The van der Waals surface area contributed by atoms with Gasteiger partial charge in [-0.05, 0) is 53.6 Å². The lowest BCUT2D eigenvalue weighted by Crippen LogP contribution is -2.23. The Morgan fingerprint density at radius 3 is 2.69 bits per heavy atom. The molecule has 0 saturated heterocycles. The zero-order chi connectivity index (χ0) is 20.0. The SMILES string of the molecule is [O-][n+]1ccc2c(-c3cc(-c4cc(Cl)ccc4F)nc4ncccc34)cccc2c1. The van der Waals surface area contributed by atoms with Crippen molar-refractivity contribution in [2.75, 3.05) is 0 Å². The Kier molecular flexibility index (Phi) is 4.11. The maximum Gasteiger partial charge on any atom is 0.188 e. The quantitative estimate of drug-likeness (QED) is 0.288. The molecule has 0 bridgehead atoms. The van der Waals surface area contributed by atoms with Crippen LogP contribution in [0.3, 0.4) is 0 Å². The molecule has 0 N–H and O–H groups in total. The molecule has 0 radical (unpaired) electrons. The van der Waals surface area contributed by atoms with Gasteiger partial charge in [-0.25, -0.2) is 14.4 Å². The van der Waals surface area contributed by atoms with E-state index in [1.165, 1.54) is 24.5 Å². The minimum atomic E-state index is -0.409. The third kappa shape index (κ3) is 3.05. The van der Waals surface area contributed by atoms with Gasteiger partial charge in [0.15, 0.2) is 18.0 Å². The third-order valence-electron chi connectivity index (χ3n) is 4.87. The average molecular weight is 402 g/mol. The largest absolute Gasteiger partial charge is 0.619 e. The van der Waals surface area contributed by atoms with Gasteiger partial charge in [0.05, 0.1) is 5.69 Å². The van der Waals surface area contributed by atoms with Gasteiger partial charge >= 0.3 is 0 Å². The highest BCUT2D eigenvalue weighted by Crippen LogP contribution is 2.36. The molecule has 3 aromatic heterocycles. The molecule has 5 rings (SSSR count). The van der Waals surface area contributed by atoms with E-state index in [0.717, 1.165) is 32.0 Å². The molecule has 0 saturated carbocycles. The van der Waals surface area contributed by atoms with Crippen LogP contribution in [0.1, 0.15) is 0 Å². The van der Waals surface area contributed by atoms with E-state index in [2.05, 4.69) is 9.97 Å². The smallest absolute Gasteiger partial charge is 0.188 e. The number of halogens is 2. The van der Waals surface area contributed by atoms with Crippen molar-refractivity contribution in [1.29, 1.82) is 0 Å². The van der Waals surface area contributed by atoms with Crippen LogP contribution < -0.4 is 4.73 Å². The van der Waals surface area contributed by atoms with Crippen molar-refractivity contribution in [1.82, 2.24) is 9.97 Å². The number of hydrogen-bond donors (Lipinski definition) is 0. The van der Waals surface area contributed by atoms with Crippen molar-refractivity contribution >= 4 is 33.4 Å². The second-order valence-corrected chi connectivity index (χ2v) is 7.10. The van der Waals surface area contributed by atoms with E-state index >= 15 is 0 Å². The fraction of sp³-hybridized carbons (Fsp3) is 0. The van der Waals surface area contributed by atoms with Crippen LogP contribution in [0.25, 0.3) is 44.2 Å². The first kappa shape index (κ1) is 17.5. The molecule has 0 aliphatic heterocycles. The summed E-state index contributed by atoms with van der Waals surface area (Å²) >= 11 is 6.09. The van der Waals surface area contributed by atoms with Crippen molar-refractivity contribution in [3.63, 3.8) is 0 Å². The fourth-order valence-electron chi connectivity index (χ4n) is 3.56. The lowest BCUT2D eigenvalue weighted by Gasteiger charge is -2.12. The molecule has 0 spiro atoms. The number of rotatable bonds is 2. The lowest BCUT2D eigenvalue weighted by atomic mass is 9.95. The monoisotopic (exact) mass is 401 g/mol. The molecule has 6 heteroatoms. The van der Waals surface area contributed by atoms with Crippen LogP contribution in [-0.2, 0) is 0 Å². The van der Waals surface area contributed by atoms with Gasteiger partial charge in [0.25, 0.3) is 0 Å². The number of aromatic nitrogens is 3. The van der Waals surface area contributed by atoms with Gasteiger partial charge in [0, 0.05) is 39.0 Å². The van der Waals surface area contributed by atoms with Gasteiger partial charge < -0.3 is 5.21 Å². The average Bonchev–Trinajstić information content (AvgIpc) is 2.74. The van der Waals surface area contributed by atoms with E-state index in [4.69, 9.17) is 11.6 Å². The normalized spacial score (nSPS) is 11.2. The van der Waals surface area contributed by atoms with Crippen LogP contribution in [-0.4, -0.2) is 9.97 Å². The van der Waals surface area contributed by atoms with Crippen molar-refractivity contribution in [3.05, 3.63) is 95.3 Å². The first-order chi connectivity index (χ1) is 14.1. The summed E-state index contributed by atoms with van der Waals surface area (Å²) in [5.41, 5.74) is 3.02. The summed E-state index contributed by atoms with van der Waals surface area (Å²) in [6.45, 7) is 0. The number of benzene rings is 2. The highest BCUT2D eigenvalue weighted by Gasteiger charge is 2.15. The van der Waals surface area contributed by atoms with E-state index in [1.807, 2.05) is 36.4 Å². The Balaban J connectivity index is 1.86. The highest BCUT2D eigenvalue weighted by atomic mass is 35.5. The summed E-state index contributed by atoms with van der Waals surface area (Å²) in [6, 6.07) is 17.5. The van der Waals surface area contributed by atoms with E-state index < -0.39 is 5.82 Å². The molecular formula is C23H13ClFN3O. The van der Waals surface area contributed by atoms with Gasteiger partial charge in [-0.2, -0.15) is 4.73 Å². The van der Waals surface area contributed by atoms with Gasteiger partial charge in [-0.1, -0.05) is 23.7 Å². The Bertz CT molecular complexity index is 1400. The van der Waals surface area contributed by atoms with Gasteiger partial charge in [0.2, 0.25) is 0 Å². The van der Waals surface area contributed by atoms with Crippen molar-refractivity contribution in [2.45, 2.75) is 0 Å². The zero-order valence-electron chi connectivity index (χ0n) is 15.0. The predicted molar refractivity (Wildman–Crippen MR) is 112 cm³/mol. The molecule has 0 aliphatic carbocycles. The predicted octanol–water partition coefficient (Wildman–Crippen LogP) is 5.54. The number of hydrogen-bond acceptors (Lipinski definition) is 3. The van der Waals surface area contributed by atoms with E-state index in [-0.39, 0.29) is 0 Å². The molecule has 5 aromatic rings. The Hall–Kier alpha value is -3.57. The van der Waals surface area contributed by atoms with Gasteiger partial charge in [0.1, 0.15) is 5.82 Å². The van der Waals surface area contributed by atoms with Gasteiger partial charge in [-0.3, -0.25) is 0 Å². The number of nitrogens with zero attached hydrogens (tertiary/aromatic N) is 3. The summed E-state index contributed by atoms with van der Waals surface area (Å²) in [6.07, 6.45) is 4.64. The Morgan fingerprint density at radius 2 is 1.79 bits per heavy atom. The molecule has 4 nitrogen and oxygen atoms in total. The Labute approximate surface area is 170 Å². The van der Waals surface area contributed by atoms with Crippen LogP contribution in [0.2, 0.25) is 5.02 Å². The standard InChI is InChI=1S/C23H13ClFN3O/c24-15-6-7-21(25)20(11-15)22-12-19(18-5-2-9-26-23(18)27-22)17-4-1-3-14-13-28(29)10-8-16(14)17/h1-13H. The van der Waals surface area contributed by atoms with Crippen molar-refractivity contribution in [2.24, 2.45) is 0 Å². The first-order valence-corrected chi connectivity index (χ1v) is 9.31. The minimum absolute atomic E-state index is 0.309. The molecule has 0 unspecified atom stereocenters. The zero-order valence-corrected chi connectivity index (χ0v) is 15.8. The first-order valence-electron chi connectivity index (χ1n) is 8.93. The summed E-state index contributed by atoms with van der Waals surface area (Å²) in [7, 11) is 0. The summed E-state index contributed by atoms with van der Waals surface area (Å²) in [4.78, 5) is 8.94. The minimum Gasteiger partial charge on any atom is -0.619 e. The summed E-state index contributed by atoms with van der Waals surface area (Å²) in [5.74, 6) is -0.409. The molecule has 0 atom stereocenters. The Morgan fingerprint density at radius 1 is 0.897 bits per heavy atom. The molecule has 0 aliphatic rings. The van der Waals surface area contributed by atoms with Gasteiger partial charge in [-0.15, -0.1) is 0 Å². The second kappa shape index (κ2) is 6.79. The maximum atomic E-state index is 14.5. The fourth-order valence-corrected chi connectivity index (χ4v) is 3.73. The molecule has 140 valence electrons. The molecular weight excluding hydrogens is 389 g/mol. The van der Waals surface area contributed by atoms with E-state index in [0.29, 0.717) is 21.9 Å². The summed E-state index contributed by atoms with van der Waals surface area (Å²) in [5, 5.41) is 14.7. The molecule has 3 heterocycles. The lowest BCUT2D eigenvalue weighted by molar-refractivity contribution is -0.603. The van der Waals surface area contributed by atoms with Crippen LogP contribution in [0, 0.1) is 11.0 Å². The van der Waals surface area contributed by atoms with Crippen molar-refractivity contribution in [3.8, 4) is 22.4 Å². The van der Waals surface area contributed by atoms with Crippen LogP contribution >= 0.6 is 11.6 Å². The molecule has 2 aromatic carbocycles. The molecule has 0 fully saturated rings. The van der Waals surface area contributed by atoms with Crippen LogP contribution in [0.4, 0.5) is 4.39 Å². The van der Waals surface area contributed by atoms with E-state index in [9.17, 15) is 9.60 Å². The number of pyridine rings is 3. The van der Waals surface area contributed by atoms with Crippen LogP contribution in [0.5, 0.6) is 0 Å². The molecule has 0 amide bonds. The maximum absolute atomic E-state index is 14.5. The summed E-state index contributed by atoms with van der Waals surface area (Å²) < 4.78 is 15.3. The third-order valence-corrected chi connectivity index (χ3v) is 5.11. The van der Waals surface area contributed by atoms with Crippen LogP contribution in [0.15, 0.2) is 79.3 Å². The van der Waals surface area contributed by atoms with Crippen molar-refractivity contribution < 1.29 is 9.12 Å². The van der Waals surface area contributed by atoms with E-state index in [1.54, 1.807) is 18.3 Å². The molecule has 29 heavy (non-hydrogen) atoms. The highest BCUT2D eigenvalue weighted by molar-refractivity contribution is 6.30. The number of fused-ring (bicyclic) bond motifs is 2.